The van der Waals surface area contributed by atoms with E-state index in [1.165, 1.54) is 16.2 Å². The fourth-order valence-electron chi connectivity index (χ4n) is 3.54. The number of amides is 3. The zero-order valence-electron chi connectivity index (χ0n) is 16.0. The molecule has 2 heterocycles. The lowest BCUT2D eigenvalue weighted by molar-refractivity contribution is -0.138. The molecule has 1 fully saturated rings. The molecule has 1 saturated heterocycles. The number of anilines is 1. The van der Waals surface area contributed by atoms with E-state index in [4.69, 9.17) is 0 Å². The standard InChI is InChI=1S/C23H19BrN2O3S/c24-17-8-10-18(11-9-17)26-22(28)14-20(23(26)29)25(15-19-7-4-12-30-19)21(27)13-16-5-2-1-3-6-16/h1-12,20H,13-15H2. The highest BCUT2D eigenvalue weighted by atomic mass is 79.9. The summed E-state index contributed by atoms with van der Waals surface area (Å²) < 4.78 is 0.860. The first-order valence-electron chi connectivity index (χ1n) is 9.51. The predicted molar refractivity (Wildman–Crippen MR) is 120 cm³/mol. The minimum absolute atomic E-state index is 0.0131. The highest BCUT2D eigenvalue weighted by molar-refractivity contribution is 9.10. The van der Waals surface area contributed by atoms with Crippen molar-refractivity contribution in [3.63, 3.8) is 0 Å². The van der Waals surface area contributed by atoms with Gasteiger partial charge in [-0.2, -0.15) is 0 Å². The van der Waals surface area contributed by atoms with Crippen LogP contribution in [-0.4, -0.2) is 28.7 Å². The van der Waals surface area contributed by atoms with Crippen molar-refractivity contribution >= 4 is 50.7 Å². The highest BCUT2D eigenvalue weighted by Gasteiger charge is 2.44. The van der Waals surface area contributed by atoms with Crippen molar-refractivity contribution < 1.29 is 14.4 Å². The monoisotopic (exact) mass is 482 g/mol. The minimum atomic E-state index is -0.806. The molecule has 0 radical (unpaired) electrons. The number of carbonyl (C=O) groups excluding carboxylic acids is 3. The Morgan fingerprint density at radius 1 is 1.03 bits per heavy atom. The van der Waals surface area contributed by atoms with E-state index in [1.54, 1.807) is 29.2 Å². The third-order valence-corrected chi connectivity index (χ3v) is 6.40. The van der Waals surface area contributed by atoms with Gasteiger partial charge >= 0.3 is 0 Å². The van der Waals surface area contributed by atoms with Gasteiger partial charge in [-0.05, 0) is 41.3 Å². The van der Waals surface area contributed by atoms with Crippen molar-refractivity contribution in [2.24, 2.45) is 0 Å². The van der Waals surface area contributed by atoms with Crippen LogP contribution < -0.4 is 4.90 Å². The van der Waals surface area contributed by atoms with Crippen LogP contribution in [0.25, 0.3) is 0 Å². The second-order valence-corrected chi connectivity index (χ2v) is 8.98. The molecule has 152 valence electrons. The van der Waals surface area contributed by atoms with Crippen LogP contribution in [0.5, 0.6) is 0 Å². The molecule has 1 unspecified atom stereocenters. The van der Waals surface area contributed by atoms with Crippen molar-refractivity contribution in [1.29, 1.82) is 0 Å². The summed E-state index contributed by atoms with van der Waals surface area (Å²) in [6.07, 6.45) is 0.170. The molecule has 5 nitrogen and oxygen atoms in total. The topological polar surface area (TPSA) is 57.7 Å². The van der Waals surface area contributed by atoms with Crippen LogP contribution in [0, 0.1) is 0 Å². The van der Waals surface area contributed by atoms with Gasteiger partial charge in [0.25, 0.3) is 5.91 Å². The predicted octanol–water partition coefficient (Wildman–Crippen LogP) is 4.41. The molecule has 0 spiro atoms. The van der Waals surface area contributed by atoms with Crippen LogP contribution in [0.4, 0.5) is 5.69 Å². The van der Waals surface area contributed by atoms with Gasteiger partial charge in [-0.15, -0.1) is 11.3 Å². The molecule has 7 heteroatoms. The molecule has 0 aliphatic carbocycles. The first kappa shape index (κ1) is 20.5. The van der Waals surface area contributed by atoms with Gasteiger partial charge in [0.2, 0.25) is 11.8 Å². The van der Waals surface area contributed by atoms with Crippen molar-refractivity contribution in [1.82, 2.24) is 4.90 Å². The Bertz CT molecular complexity index is 1050. The molecular formula is C23H19BrN2O3S. The summed E-state index contributed by atoms with van der Waals surface area (Å²) in [5.74, 6) is -0.824. The Morgan fingerprint density at radius 2 is 1.77 bits per heavy atom. The van der Waals surface area contributed by atoms with Gasteiger partial charge in [-0.25, -0.2) is 4.90 Å². The summed E-state index contributed by atoms with van der Waals surface area (Å²) >= 11 is 4.89. The Kier molecular flexibility index (Phi) is 6.11. The van der Waals surface area contributed by atoms with Gasteiger partial charge in [0.05, 0.1) is 25.1 Å². The zero-order chi connectivity index (χ0) is 21.1. The van der Waals surface area contributed by atoms with Gasteiger partial charge in [0.15, 0.2) is 0 Å². The van der Waals surface area contributed by atoms with Crippen LogP contribution in [0.2, 0.25) is 0 Å². The average Bonchev–Trinajstić information content (AvgIpc) is 3.35. The summed E-state index contributed by atoms with van der Waals surface area (Å²) in [7, 11) is 0. The lowest BCUT2D eigenvalue weighted by Gasteiger charge is -2.27. The van der Waals surface area contributed by atoms with Gasteiger partial charge in [-0.3, -0.25) is 14.4 Å². The Labute approximate surface area is 187 Å². The normalized spacial score (nSPS) is 16.2. The van der Waals surface area contributed by atoms with Crippen LogP contribution >= 0.6 is 27.3 Å². The Balaban J connectivity index is 1.61. The summed E-state index contributed by atoms with van der Waals surface area (Å²) in [4.78, 5) is 42.9. The largest absolute Gasteiger partial charge is 0.325 e. The molecule has 3 amide bonds. The minimum Gasteiger partial charge on any atom is -0.325 e. The van der Waals surface area contributed by atoms with Gasteiger partial charge < -0.3 is 4.90 Å². The molecule has 0 N–H and O–H groups in total. The molecule has 30 heavy (non-hydrogen) atoms. The molecule has 1 aliphatic heterocycles. The highest BCUT2D eigenvalue weighted by Crippen LogP contribution is 2.28. The lowest BCUT2D eigenvalue weighted by atomic mass is 10.1. The molecule has 2 aromatic carbocycles. The van der Waals surface area contributed by atoms with Crippen LogP contribution in [-0.2, 0) is 27.3 Å². The van der Waals surface area contributed by atoms with Gasteiger partial charge in [0.1, 0.15) is 6.04 Å². The number of hydrogen-bond donors (Lipinski definition) is 0. The van der Waals surface area contributed by atoms with E-state index in [0.29, 0.717) is 12.2 Å². The number of thiophene rings is 1. The molecule has 4 rings (SSSR count). The zero-order valence-corrected chi connectivity index (χ0v) is 18.4. The molecule has 1 atom stereocenters. The molecule has 0 bridgehead atoms. The van der Waals surface area contributed by atoms with E-state index in [2.05, 4.69) is 15.9 Å². The third-order valence-electron chi connectivity index (χ3n) is 5.01. The number of halogens is 1. The molecule has 1 aliphatic rings. The maximum Gasteiger partial charge on any atom is 0.257 e. The molecule has 1 aromatic heterocycles. The smallest absolute Gasteiger partial charge is 0.257 e. The quantitative estimate of drug-likeness (QED) is 0.488. The number of benzene rings is 2. The second kappa shape index (κ2) is 8.93. The van der Waals surface area contributed by atoms with Crippen molar-refractivity contribution in [3.8, 4) is 0 Å². The Hall–Kier alpha value is -2.77. The van der Waals surface area contributed by atoms with E-state index >= 15 is 0 Å². The number of imide groups is 1. The average molecular weight is 483 g/mol. The number of nitrogens with zero attached hydrogens (tertiary/aromatic N) is 2. The van der Waals surface area contributed by atoms with E-state index in [1.807, 2.05) is 47.8 Å². The summed E-state index contributed by atoms with van der Waals surface area (Å²) in [6, 6.07) is 19.5. The van der Waals surface area contributed by atoms with Crippen LogP contribution in [0.15, 0.2) is 76.6 Å². The second-order valence-electron chi connectivity index (χ2n) is 7.03. The maximum absolute atomic E-state index is 13.2. The SMILES string of the molecule is O=C1CC(N(Cc2cccs2)C(=O)Cc2ccccc2)C(=O)N1c1ccc(Br)cc1. The van der Waals surface area contributed by atoms with Crippen molar-refractivity contribution in [2.45, 2.75) is 25.4 Å². The van der Waals surface area contributed by atoms with Gasteiger partial charge in [-0.1, -0.05) is 52.3 Å². The van der Waals surface area contributed by atoms with Crippen molar-refractivity contribution in [2.75, 3.05) is 4.90 Å². The van der Waals surface area contributed by atoms with Gasteiger partial charge in [0, 0.05) is 9.35 Å². The number of carbonyl (C=O) groups is 3. The van der Waals surface area contributed by atoms with E-state index in [-0.39, 0.29) is 30.6 Å². The van der Waals surface area contributed by atoms with Crippen molar-refractivity contribution in [3.05, 3.63) is 87.0 Å². The van der Waals surface area contributed by atoms with Crippen LogP contribution in [0.1, 0.15) is 16.9 Å². The first-order valence-corrected chi connectivity index (χ1v) is 11.2. The fraction of sp³-hybridized carbons (Fsp3) is 0.174. The molecule has 0 saturated carbocycles. The van der Waals surface area contributed by atoms with E-state index < -0.39 is 6.04 Å². The maximum atomic E-state index is 13.2. The molecule has 3 aromatic rings. The lowest BCUT2D eigenvalue weighted by Crippen LogP contribution is -2.45. The number of rotatable bonds is 6. The van der Waals surface area contributed by atoms with E-state index in [0.717, 1.165) is 14.9 Å². The summed E-state index contributed by atoms with van der Waals surface area (Å²) in [5.41, 5.74) is 1.39. The Morgan fingerprint density at radius 3 is 2.43 bits per heavy atom. The third kappa shape index (κ3) is 4.37. The van der Waals surface area contributed by atoms with Crippen LogP contribution in [0.3, 0.4) is 0 Å². The first-order chi connectivity index (χ1) is 14.5. The number of hydrogen-bond acceptors (Lipinski definition) is 4. The fourth-order valence-corrected chi connectivity index (χ4v) is 4.50. The summed E-state index contributed by atoms with van der Waals surface area (Å²) in [6.45, 7) is 0.307. The molecular weight excluding hydrogens is 464 g/mol. The van der Waals surface area contributed by atoms with E-state index in [9.17, 15) is 14.4 Å². The summed E-state index contributed by atoms with van der Waals surface area (Å²) in [5, 5.41) is 1.94.